The summed E-state index contributed by atoms with van der Waals surface area (Å²) < 4.78 is 5.46. The lowest BCUT2D eigenvalue weighted by Crippen LogP contribution is -2.45. The van der Waals surface area contributed by atoms with Crippen molar-refractivity contribution in [2.45, 2.75) is 32.7 Å². The maximum absolute atomic E-state index is 12.7. The standard InChI is InChI=1S/C21H26N2O3S/c1-3-26-18-10-8-16(9-11-18)15(2)22-20(24)17-6-4-12-23(14-17)21(25)19-7-5-13-27-19/h5,7-11,13,15,17H,3-4,6,12,14H2,1-2H3,(H,22,24). The van der Waals surface area contributed by atoms with Crippen LogP contribution in [0.15, 0.2) is 41.8 Å². The normalized spacial score (nSPS) is 18.0. The second-order valence-corrected chi connectivity index (χ2v) is 7.75. The first-order valence-electron chi connectivity index (χ1n) is 9.44. The molecule has 2 aromatic rings. The molecule has 1 aliphatic rings. The summed E-state index contributed by atoms with van der Waals surface area (Å²) in [4.78, 5) is 27.8. The second kappa shape index (κ2) is 9.04. The summed E-state index contributed by atoms with van der Waals surface area (Å²) in [7, 11) is 0. The Kier molecular flexibility index (Phi) is 6.50. The number of amides is 2. The van der Waals surface area contributed by atoms with Crippen molar-refractivity contribution in [1.82, 2.24) is 10.2 Å². The quantitative estimate of drug-likeness (QED) is 0.820. The van der Waals surface area contributed by atoms with E-state index in [1.54, 1.807) is 4.90 Å². The van der Waals surface area contributed by atoms with Crippen molar-refractivity contribution in [2.24, 2.45) is 5.92 Å². The third-order valence-electron chi connectivity index (χ3n) is 4.86. The topological polar surface area (TPSA) is 58.6 Å². The Morgan fingerprint density at radius 1 is 1.30 bits per heavy atom. The summed E-state index contributed by atoms with van der Waals surface area (Å²) in [6, 6.07) is 11.4. The SMILES string of the molecule is CCOc1ccc(C(C)NC(=O)C2CCCN(C(=O)c3cccs3)C2)cc1. The first kappa shape index (κ1) is 19.4. The van der Waals surface area contributed by atoms with E-state index in [2.05, 4.69) is 5.32 Å². The molecule has 0 saturated carbocycles. The molecule has 6 heteroatoms. The van der Waals surface area contributed by atoms with Crippen molar-refractivity contribution in [1.29, 1.82) is 0 Å². The predicted octanol–water partition coefficient (Wildman–Crippen LogP) is 3.88. The Labute approximate surface area is 164 Å². The molecule has 1 saturated heterocycles. The van der Waals surface area contributed by atoms with Gasteiger partial charge in [-0.1, -0.05) is 18.2 Å². The number of piperidine rings is 1. The Hall–Kier alpha value is -2.34. The molecule has 3 rings (SSSR count). The average Bonchev–Trinajstić information content (AvgIpc) is 3.23. The van der Waals surface area contributed by atoms with Crippen LogP contribution < -0.4 is 10.1 Å². The van der Waals surface area contributed by atoms with E-state index in [0.717, 1.165) is 35.6 Å². The van der Waals surface area contributed by atoms with E-state index in [0.29, 0.717) is 13.2 Å². The number of thiophene rings is 1. The number of carbonyl (C=O) groups is 2. The molecule has 5 nitrogen and oxygen atoms in total. The largest absolute Gasteiger partial charge is 0.494 e. The number of benzene rings is 1. The Morgan fingerprint density at radius 2 is 2.07 bits per heavy atom. The van der Waals surface area contributed by atoms with Crippen molar-refractivity contribution in [2.75, 3.05) is 19.7 Å². The van der Waals surface area contributed by atoms with E-state index in [4.69, 9.17) is 4.74 Å². The highest BCUT2D eigenvalue weighted by Gasteiger charge is 2.29. The van der Waals surface area contributed by atoms with E-state index >= 15 is 0 Å². The number of nitrogens with one attached hydrogen (secondary N) is 1. The number of hydrogen-bond donors (Lipinski definition) is 1. The monoisotopic (exact) mass is 386 g/mol. The van der Waals surface area contributed by atoms with Gasteiger partial charge in [-0.05, 0) is 55.8 Å². The minimum absolute atomic E-state index is 0.0139. The van der Waals surface area contributed by atoms with Crippen molar-refractivity contribution in [3.8, 4) is 5.75 Å². The van der Waals surface area contributed by atoms with E-state index in [9.17, 15) is 9.59 Å². The predicted molar refractivity (Wildman–Crippen MR) is 107 cm³/mol. The van der Waals surface area contributed by atoms with Gasteiger partial charge in [-0.3, -0.25) is 9.59 Å². The molecule has 0 bridgehead atoms. The maximum Gasteiger partial charge on any atom is 0.263 e. The lowest BCUT2D eigenvalue weighted by molar-refractivity contribution is -0.127. The molecule has 1 fully saturated rings. The Bertz CT molecular complexity index is 758. The molecule has 1 aromatic carbocycles. The average molecular weight is 387 g/mol. The van der Waals surface area contributed by atoms with Crippen LogP contribution >= 0.6 is 11.3 Å². The molecule has 1 N–H and O–H groups in total. The Balaban J connectivity index is 1.57. The van der Waals surface area contributed by atoms with Gasteiger partial charge in [0, 0.05) is 13.1 Å². The van der Waals surface area contributed by atoms with Crippen LogP contribution in [0.1, 0.15) is 48.0 Å². The van der Waals surface area contributed by atoms with Gasteiger partial charge in [-0.15, -0.1) is 11.3 Å². The molecule has 2 atom stereocenters. The van der Waals surface area contributed by atoms with Crippen molar-refractivity contribution >= 4 is 23.2 Å². The third kappa shape index (κ3) is 4.89. The van der Waals surface area contributed by atoms with E-state index in [1.165, 1.54) is 11.3 Å². The number of nitrogens with zero attached hydrogens (tertiary/aromatic N) is 1. The highest BCUT2D eigenvalue weighted by atomic mass is 32.1. The summed E-state index contributed by atoms with van der Waals surface area (Å²) in [6.07, 6.45) is 1.67. The van der Waals surface area contributed by atoms with Crippen LogP contribution in [0.3, 0.4) is 0 Å². The zero-order chi connectivity index (χ0) is 19.2. The first-order chi connectivity index (χ1) is 13.1. The number of ether oxygens (including phenoxy) is 1. The molecule has 0 aliphatic carbocycles. The van der Waals surface area contributed by atoms with Crippen molar-refractivity contribution < 1.29 is 14.3 Å². The van der Waals surface area contributed by atoms with Gasteiger partial charge in [0.05, 0.1) is 23.4 Å². The van der Waals surface area contributed by atoms with Crippen LogP contribution in [-0.2, 0) is 4.79 Å². The van der Waals surface area contributed by atoms with Crippen molar-refractivity contribution in [3.05, 3.63) is 52.2 Å². The fourth-order valence-electron chi connectivity index (χ4n) is 3.37. The first-order valence-corrected chi connectivity index (χ1v) is 10.3. The lowest BCUT2D eigenvalue weighted by atomic mass is 9.96. The van der Waals surface area contributed by atoms with Gasteiger partial charge in [0.25, 0.3) is 5.91 Å². The molecular formula is C21H26N2O3S. The number of hydrogen-bond acceptors (Lipinski definition) is 4. The lowest BCUT2D eigenvalue weighted by Gasteiger charge is -2.32. The second-order valence-electron chi connectivity index (χ2n) is 6.80. The van der Waals surface area contributed by atoms with Crippen LogP contribution in [0.4, 0.5) is 0 Å². The molecule has 0 radical (unpaired) electrons. The van der Waals surface area contributed by atoms with E-state index in [1.807, 2.05) is 55.6 Å². The van der Waals surface area contributed by atoms with Gasteiger partial charge in [-0.25, -0.2) is 0 Å². The summed E-state index contributed by atoms with van der Waals surface area (Å²) in [6.45, 7) is 5.76. The van der Waals surface area contributed by atoms with Crippen LogP contribution in [0.5, 0.6) is 5.75 Å². The smallest absolute Gasteiger partial charge is 0.263 e. The van der Waals surface area contributed by atoms with Gasteiger partial charge in [-0.2, -0.15) is 0 Å². The van der Waals surface area contributed by atoms with Crippen LogP contribution in [-0.4, -0.2) is 36.4 Å². The summed E-state index contributed by atoms with van der Waals surface area (Å²) in [5.74, 6) is 0.713. The molecule has 144 valence electrons. The zero-order valence-electron chi connectivity index (χ0n) is 15.8. The summed E-state index contributed by atoms with van der Waals surface area (Å²) in [5.41, 5.74) is 1.04. The minimum atomic E-state index is -0.159. The maximum atomic E-state index is 12.7. The van der Waals surface area contributed by atoms with Crippen LogP contribution in [0.2, 0.25) is 0 Å². The summed E-state index contributed by atoms with van der Waals surface area (Å²) >= 11 is 1.44. The van der Waals surface area contributed by atoms with E-state index in [-0.39, 0.29) is 23.8 Å². The van der Waals surface area contributed by atoms with Crippen LogP contribution in [0.25, 0.3) is 0 Å². The number of carbonyl (C=O) groups excluding carboxylic acids is 2. The van der Waals surface area contributed by atoms with E-state index < -0.39 is 0 Å². The van der Waals surface area contributed by atoms with Gasteiger partial charge in [0.2, 0.25) is 5.91 Å². The highest BCUT2D eigenvalue weighted by molar-refractivity contribution is 7.12. The molecule has 2 amide bonds. The van der Waals surface area contributed by atoms with Gasteiger partial charge < -0.3 is 15.0 Å². The summed E-state index contributed by atoms with van der Waals surface area (Å²) in [5, 5.41) is 5.00. The molecular weight excluding hydrogens is 360 g/mol. The minimum Gasteiger partial charge on any atom is -0.494 e. The third-order valence-corrected chi connectivity index (χ3v) is 5.72. The molecule has 1 aliphatic heterocycles. The Morgan fingerprint density at radius 3 is 2.74 bits per heavy atom. The fourth-order valence-corrected chi connectivity index (χ4v) is 4.06. The fraction of sp³-hybridized carbons (Fsp3) is 0.429. The number of likely N-dealkylation sites (tertiary alicyclic amines) is 1. The van der Waals surface area contributed by atoms with Gasteiger partial charge in [0.15, 0.2) is 0 Å². The van der Waals surface area contributed by atoms with Gasteiger partial charge in [0.1, 0.15) is 5.75 Å². The number of rotatable bonds is 6. The molecule has 1 aromatic heterocycles. The van der Waals surface area contributed by atoms with Gasteiger partial charge >= 0.3 is 0 Å². The molecule has 2 unspecified atom stereocenters. The highest BCUT2D eigenvalue weighted by Crippen LogP contribution is 2.23. The molecule has 27 heavy (non-hydrogen) atoms. The molecule has 2 heterocycles. The van der Waals surface area contributed by atoms with Crippen LogP contribution in [0, 0.1) is 5.92 Å². The zero-order valence-corrected chi connectivity index (χ0v) is 16.6. The molecule has 0 spiro atoms. The van der Waals surface area contributed by atoms with Crippen molar-refractivity contribution in [3.63, 3.8) is 0 Å².